The zero-order valence-corrected chi connectivity index (χ0v) is 10.7. The normalized spacial score (nSPS) is 9.50. The molecule has 7 heteroatoms. The van der Waals surface area contributed by atoms with E-state index in [1.807, 2.05) is 0 Å². The van der Waals surface area contributed by atoms with Crippen molar-refractivity contribution < 1.29 is 19.1 Å². The predicted octanol–water partition coefficient (Wildman–Crippen LogP) is 1.59. The Balaban J connectivity index is 2.77. The van der Waals surface area contributed by atoms with E-state index in [2.05, 4.69) is 10.6 Å². The molecule has 0 fully saturated rings. The second kappa shape index (κ2) is 6.70. The molecule has 0 saturated heterocycles. The van der Waals surface area contributed by atoms with Crippen molar-refractivity contribution in [3.63, 3.8) is 0 Å². The Labute approximate surface area is 109 Å². The highest BCUT2D eigenvalue weighted by Crippen LogP contribution is 2.28. The van der Waals surface area contributed by atoms with E-state index in [0.29, 0.717) is 17.2 Å². The number of hydrogen-bond acceptors (Lipinski definition) is 4. The number of benzene rings is 1. The van der Waals surface area contributed by atoms with Crippen LogP contribution in [0, 0.1) is 0 Å². The Morgan fingerprint density at radius 1 is 1.28 bits per heavy atom. The number of nitrogens with one attached hydrogen (secondary N) is 2. The maximum absolute atomic E-state index is 11.4. The molecular weight excluding hydrogens is 260 g/mol. The second-order valence-corrected chi connectivity index (χ2v) is 3.47. The van der Waals surface area contributed by atoms with Crippen LogP contribution in [0.5, 0.6) is 11.5 Å². The van der Waals surface area contributed by atoms with Gasteiger partial charge in [-0.1, -0.05) is 0 Å². The molecule has 1 rings (SSSR count). The lowest BCUT2D eigenvalue weighted by molar-refractivity contribution is -0.117. The fourth-order valence-corrected chi connectivity index (χ4v) is 1.28. The monoisotopic (exact) mass is 272 g/mol. The first-order valence-electron chi connectivity index (χ1n) is 4.99. The molecule has 0 saturated carbocycles. The summed E-state index contributed by atoms with van der Waals surface area (Å²) in [4.78, 5) is 22.3. The molecule has 3 amide bonds. The van der Waals surface area contributed by atoms with Crippen molar-refractivity contribution >= 4 is 29.2 Å². The van der Waals surface area contributed by atoms with Crippen molar-refractivity contribution in [2.24, 2.45) is 0 Å². The van der Waals surface area contributed by atoms with Gasteiger partial charge in [0.05, 0.1) is 19.9 Å². The van der Waals surface area contributed by atoms with Gasteiger partial charge in [-0.2, -0.15) is 0 Å². The van der Waals surface area contributed by atoms with E-state index in [4.69, 9.17) is 21.1 Å². The van der Waals surface area contributed by atoms with Gasteiger partial charge in [-0.3, -0.25) is 10.1 Å². The van der Waals surface area contributed by atoms with E-state index in [1.54, 1.807) is 18.2 Å². The van der Waals surface area contributed by atoms with Crippen LogP contribution >= 0.6 is 11.6 Å². The molecule has 0 unspecified atom stereocenters. The number of urea groups is 1. The van der Waals surface area contributed by atoms with Gasteiger partial charge in [0.2, 0.25) is 5.91 Å². The van der Waals surface area contributed by atoms with Crippen LogP contribution in [0.15, 0.2) is 18.2 Å². The van der Waals surface area contributed by atoms with Gasteiger partial charge in [0.15, 0.2) is 0 Å². The average Bonchev–Trinajstić information content (AvgIpc) is 2.38. The molecule has 0 aromatic heterocycles. The molecule has 1 aromatic carbocycles. The standard InChI is InChI=1S/C11H13ClN2O4/c1-17-7-3-4-8(9(5-7)18-2)13-11(16)14-10(15)6-12/h3-5H,6H2,1-2H3,(H2,13,14,15,16). The largest absolute Gasteiger partial charge is 0.497 e. The molecule has 0 aliphatic carbocycles. The van der Waals surface area contributed by atoms with Crippen LogP contribution in [0.3, 0.4) is 0 Å². The highest BCUT2D eigenvalue weighted by atomic mass is 35.5. The minimum absolute atomic E-state index is 0.285. The maximum Gasteiger partial charge on any atom is 0.326 e. The summed E-state index contributed by atoms with van der Waals surface area (Å²) in [5, 5.41) is 4.52. The van der Waals surface area contributed by atoms with Gasteiger partial charge in [0.1, 0.15) is 17.4 Å². The first-order valence-corrected chi connectivity index (χ1v) is 5.53. The summed E-state index contributed by atoms with van der Waals surface area (Å²) in [7, 11) is 2.98. The van der Waals surface area contributed by atoms with Crippen LogP contribution in [0.25, 0.3) is 0 Å². The van der Waals surface area contributed by atoms with E-state index in [-0.39, 0.29) is 5.88 Å². The van der Waals surface area contributed by atoms with Crippen LogP contribution in [0.4, 0.5) is 10.5 Å². The lowest BCUT2D eigenvalue weighted by Crippen LogP contribution is -2.35. The Bertz CT molecular complexity index is 451. The van der Waals surface area contributed by atoms with Crippen molar-refractivity contribution in [1.29, 1.82) is 0 Å². The minimum atomic E-state index is -0.677. The summed E-state index contributed by atoms with van der Waals surface area (Å²) in [5.41, 5.74) is 0.415. The predicted molar refractivity (Wildman–Crippen MR) is 67.4 cm³/mol. The van der Waals surface area contributed by atoms with Crippen molar-refractivity contribution in [2.75, 3.05) is 25.4 Å². The molecule has 0 spiro atoms. The van der Waals surface area contributed by atoms with Gasteiger partial charge in [0.25, 0.3) is 0 Å². The molecule has 0 bridgehead atoms. The molecule has 6 nitrogen and oxygen atoms in total. The van der Waals surface area contributed by atoms with Gasteiger partial charge in [0, 0.05) is 6.07 Å². The topological polar surface area (TPSA) is 76.7 Å². The average molecular weight is 273 g/mol. The van der Waals surface area contributed by atoms with Gasteiger partial charge in [-0.15, -0.1) is 11.6 Å². The number of hydrogen-bond donors (Lipinski definition) is 2. The minimum Gasteiger partial charge on any atom is -0.497 e. The van der Waals surface area contributed by atoms with Crippen LogP contribution in [-0.4, -0.2) is 32.0 Å². The molecule has 0 atom stereocenters. The number of alkyl halides is 1. The number of imide groups is 1. The van der Waals surface area contributed by atoms with Gasteiger partial charge in [-0.05, 0) is 12.1 Å². The summed E-state index contributed by atoms with van der Waals surface area (Å²) >= 11 is 5.26. The Hall–Kier alpha value is -1.95. The SMILES string of the molecule is COc1ccc(NC(=O)NC(=O)CCl)c(OC)c1. The molecular formula is C11H13ClN2O4. The Morgan fingerprint density at radius 2 is 2.00 bits per heavy atom. The molecule has 98 valence electrons. The number of amides is 3. The molecule has 0 aliphatic rings. The molecule has 18 heavy (non-hydrogen) atoms. The number of ether oxygens (including phenoxy) is 2. The van der Waals surface area contributed by atoms with Crippen molar-refractivity contribution in [1.82, 2.24) is 5.32 Å². The number of methoxy groups -OCH3 is 2. The fourth-order valence-electron chi connectivity index (χ4n) is 1.22. The van der Waals surface area contributed by atoms with Gasteiger partial charge >= 0.3 is 6.03 Å². The van der Waals surface area contributed by atoms with Crippen LogP contribution < -0.4 is 20.1 Å². The molecule has 2 N–H and O–H groups in total. The molecule has 0 aliphatic heterocycles. The molecule has 0 radical (unpaired) electrons. The Kier molecular flexibility index (Phi) is 5.26. The zero-order valence-electron chi connectivity index (χ0n) is 9.95. The highest BCUT2D eigenvalue weighted by Gasteiger charge is 2.10. The first-order chi connectivity index (χ1) is 8.60. The quantitative estimate of drug-likeness (QED) is 0.816. The number of anilines is 1. The van der Waals surface area contributed by atoms with E-state index in [0.717, 1.165) is 0 Å². The summed E-state index contributed by atoms with van der Waals surface area (Å²) in [6.07, 6.45) is 0. The van der Waals surface area contributed by atoms with E-state index < -0.39 is 11.9 Å². The zero-order chi connectivity index (χ0) is 13.5. The second-order valence-electron chi connectivity index (χ2n) is 3.20. The van der Waals surface area contributed by atoms with Gasteiger partial charge in [-0.25, -0.2) is 4.79 Å². The third-order valence-corrected chi connectivity index (χ3v) is 2.27. The van der Waals surface area contributed by atoms with Crippen molar-refractivity contribution in [3.8, 4) is 11.5 Å². The van der Waals surface area contributed by atoms with Crippen LogP contribution in [0.1, 0.15) is 0 Å². The van der Waals surface area contributed by atoms with Crippen LogP contribution in [0.2, 0.25) is 0 Å². The number of carbonyl (C=O) groups is 2. The van der Waals surface area contributed by atoms with E-state index in [9.17, 15) is 9.59 Å². The summed E-state index contributed by atoms with van der Waals surface area (Å²) in [5.74, 6) is 0.145. The summed E-state index contributed by atoms with van der Waals surface area (Å²) < 4.78 is 10.1. The van der Waals surface area contributed by atoms with Crippen molar-refractivity contribution in [2.45, 2.75) is 0 Å². The lowest BCUT2D eigenvalue weighted by atomic mass is 10.2. The third kappa shape index (κ3) is 3.81. The van der Waals surface area contributed by atoms with E-state index >= 15 is 0 Å². The van der Waals surface area contributed by atoms with Gasteiger partial charge < -0.3 is 14.8 Å². The molecule has 1 aromatic rings. The number of halogens is 1. The highest BCUT2D eigenvalue weighted by molar-refractivity contribution is 6.28. The Morgan fingerprint density at radius 3 is 2.56 bits per heavy atom. The summed E-state index contributed by atoms with van der Waals surface area (Å²) in [6.45, 7) is 0. The maximum atomic E-state index is 11.4. The lowest BCUT2D eigenvalue weighted by Gasteiger charge is -2.11. The molecule has 0 heterocycles. The van der Waals surface area contributed by atoms with Crippen molar-refractivity contribution in [3.05, 3.63) is 18.2 Å². The number of carbonyl (C=O) groups excluding carboxylic acids is 2. The number of rotatable bonds is 4. The fraction of sp³-hybridized carbons (Fsp3) is 0.273. The first kappa shape index (κ1) is 14.1. The third-order valence-electron chi connectivity index (χ3n) is 2.03. The van der Waals surface area contributed by atoms with Crippen LogP contribution in [-0.2, 0) is 4.79 Å². The smallest absolute Gasteiger partial charge is 0.326 e. The summed E-state index contributed by atoms with van der Waals surface area (Å²) in [6, 6.07) is 4.19. The van der Waals surface area contributed by atoms with E-state index in [1.165, 1.54) is 14.2 Å².